The fraction of sp³-hybridized carbons (Fsp3) is 1.00. The lowest BCUT2D eigenvalue weighted by Crippen LogP contribution is -2.40. The van der Waals surface area contributed by atoms with E-state index in [-0.39, 0.29) is 18.9 Å². The van der Waals surface area contributed by atoms with Crippen LogP contribution in [0.2, 0.25) is 0 Å². The Morgan fingerprint density at radius 1 is 1.21 bits per heavy atom. The van der Waals surface area contributed by atoms with Crippen LogP contribution in [0.3, 0.4) is 0 Å². The third-order valence-electron chi connectivity index (χ3n) is 3.66. The van der Waals surface area contributed by atoms with E-state index in [0.717, 1.165) is 19.4 Å². The van der Waals surface area contributed by atoms with E-state index in [1.54, 1.807) is 0 Å². The van der Waals surface area contributed by atoms with Crippen molar-refractivity contribution in [3.63, 3.8) is 0 Å². The number of hydrogen-bond donors (Lipinski definition) is 1. The van der Waals surface area contributed by atoms with E-state index in [9.17, 15) is 13.2 Å². The summed E-state index contributed by atoms with van der Waals surface area (Å²) in [5.41, 5.74) is 0. The normalized spacial score (nSPS) is 24.9. The zero-order valence-electron chi connectivity index (χ0n) is 11.9. The lowest BCUT2D eigenvalue weighted by molar-refractivity contribution is -0.183. The van der Waals surface area contributed by atoms with Gasteiger partial charge in [-0.05, 0) is 31.6 Å². The van der Waals surface area contributed by atoms with Crippen molar-refractivity contribution in [3.8, 4) is 0 Å². The molecular weight excluding hydrogens is 255 g/mol. The second-order valence-electron chi connectivity index (χ2n) is 5.85. The molecule has 1 N–H and O–H groups in total. The molecule has 19 heavy (non-hydrogen) atoms. The summed E-state index contributed by atoms with van der Waals surface area (Å²) in [7, 11) is 0. The van der Waals surface area contributed by atoms with Gasteiger partial charge < -0.3 is 10.1 Å². The van der Waals surface area contributed by atoms with E-state index in [0.29, 0.717) is 25.5 Å². The van der Waals surface area contributed by atoms with Crippen molar-refractivity contribution in [1.29, 1.82) is 0 Å². The largest absolute Gasteiger partial charge is 0.391 e. The summed E-state index contributed by atoms with van der Waals surface area (Å²) in [5.74, 6) is -0.501. The van der Waals surface area contributed by atoms with Gasteiger partial charge >= 0.3 is 6.18 Å². The summed E-state index contributed by atoms with van der Waals surface area (Å²) in [6, 6.07) is -0.00549. The maximum absolute atomic E-state index is 12.6. The average molecular weight is 281 g/mol. The Kier molecular flexibility index (Phi) is 7.15. The number of ether oxygens (including phenoxy) is 1. The van der Waals surface area contributed by atoms with Gasteiger partial charge in [-0.15, -0.1) is 0 Å². The molecule has 0 aromatic rings. The highest BCUT2D eigenvalue weighted by molar-refractivity contribution is 4.81. The molecule has 2 atom stereocenters. The first kappa shape index (κ1) is 16.8. The van der Waals surface area contributed by atoms with Crippen molar-refractivity contribution in [2.24, 2.45) is 11.8 Å². The summed E-state index contributed by atoms with van der Waals surface area (Å²) in [6.07, 6.45) is -0.996. The molecule has 1 rings (SSSR count). The first-order chi connectivity index (χ1) is 8.89. The summed E-state index contributed by atoms with van der Waals surface area (Å²) in [4.78, 5) is 0. The SMILES string of the molecule is CC(C)CCOCCNC1CCCC(C(F)(F)F)C1. The molecule has 1 saturated carbocycles. The van der Waals surface area contributed by atoms with Crippen molar-refractivity contribution >= 4 is 0 Å². The van der Waals surface area contributed by atoms with Gasteiger partial charge in [0.25, 0.3) is 0 Å². The van der Waals surface area contributed by atoms with Crippen LogP contribution in [-0.2, 0) is 4.74 Å². The topological polar surface area (TPSA) is 21.3 Å². The van der Waals surface area contributed by atoms with Crippen LogP contribution in [0.5, 0.6) is 0 Å². The van der Waals surface area contributed by atoms with Gasteiger partial charge in [-0.25, -0.2) is 0 Å². The van der Waals surface area contributed by atoms with Gasteiger partial charge in [-0.3, -0.25) is 0 Å². The van der Waals surface area contributed by atoms with Crippen LogP contribution in [-0.4, -0.2) is 32.0 Å². The van der Waals surface area contributed by atoms with Crippen LogP contribution in [0.15, 0.2) is 0 Å². The van der Waals surface area contributed by atoms with Gasteiger partial charge in [-0.2, -0.15) is 13.2 Å². The number of halogens is 3. The van der Waals surface area contributed by atoms with Crippen molar-refractivity contribution in [1.82, 2.24) is 5.32 Å². The van der Waals surface area contributed by atoms with E-state index in [1.165, 1.54) is 0 Å². The monoisotopic (exact) mass is 281 g/mol. The molecule has 2 nitrogen and oxygen atoms in total. The Morgan fingerprint density at radius 2 is 1.95 bits per heavy atom. The van der Waals surface area contributed by atoms with Crippen LogP contribution in [0.4, 0.5) is 13.2 Å². The molecule has 0 radical (unpaired) electrons. The predicted molar refractivity (Wildman–Crippen MR) is 70.1 cm³/mol. The minimum absolute atomic E-state index is 0.00549. The van der Waals surface area contributed by atoms with Crippen molar-refractivity contribution in [3.05, 3.63) is 0 Å². The van der Waals surface area contributed by atoms with Crippen molar-refractivity contribution in [2.75, 3.05) is 19.8 Å². The number of rotatable bonds is 7. The molecule has 0 aliphatic heterocycles. The van der Waals surface area contributed by atoms with Crippen LogP contribution in [0.25, 0.3) is 0 Å². The van der Waals surface area contributed by atoms with Crippen LogP contribution in [0.1, 0.15) is 46.0 Å². The average Bonchev–Trinajstić information content (AvgIpc) is 2.32. The Labute approximate surface area is 114 Å². The molecule has 114 valence electrons. The summed E-state index contributed by atoms with van der Waals surface area (Å²) < 4.78 is 43.3. The van der Waals surface area contributed by atoms with E-state index >= 15 is 0 Å². The molecule has 0 saturated heterocycles. The van der Waals surface area contributed by atoms with Crippen LogP contribution in [0, 0.1) is 11.8 Å². The molecule has 1 aliphatic rings. The molecular formula is C14H26F3NO. The Morgan fingerprint density at radius 3 is 2.58 bits per heavy atom. The van der Waals surface area contributed by atoms with Gasteiger partial charge in [0, 0.05) is 19.2 Å². The Bertz CT molecular complexity index is 243. The lowest BCUT2D eigenvalue weighted by atomic mass is 9.85. The first-order valence-electron chi connectivity index (χ1n) is 7.27. The van der Waals surface area contributed by atoms with Gasteiger partial charge in [0.1, 0.15) is 0 Å². The van der Waals surface area contributed by atoms with E-state index in [2.05, 4.69) is 19.2 Å². The smallest absolute Gasteiger partial charge is 0.380 e. The highest BCUT2D eigenvalue weighted by atomic mass is 19.4. The number of nitrogens with one attached hydrogen (secondary N) is 1. The maximum atomic E-state index is 12.6. The molecule has 0 heterocycles. The Balaban J connectivity index is 2.09. The standard InChI is InChI=1S/C14H26F3NO/c1-11(2)6-8-19-9-7-18-13-5-3-4-12(10-13)14(15,16)17/h11-13,18H,3-10H2,1-2H3. The van der Waals surface area contributed by atoms with Crippen molar-refractivity contribution in [2.45, 2.75) is 58.2 Å². The molecule has 2 unspecified atom stereocenters. The molecule has 0 aromatic carbocycles. The number of hydrogen-bond acceptors (Lipinski definition) is 2. The maximum Gasteiger partial charge on any atom is 0.391 e. The third kappa shape index (κ3) is 7.16. The molecule has 1 fully saturated rings. The van der Waals surface area contributed by atoms with Gasteiger partial charge in [0.05, 0.1) is 12.5 Å². The third-order valence-corrected chi connectivity index (χ3v) is 3.66. The second-order valence-corrected chi connectivity index (χ2v) is 5.85. The molecule has 1 aliphatic carbocycles. The highest BCUT2D eigenvalue weighted by Crippen LogP contribution is 2.37. The second kappa shape index (κ2) is 8.10. The number of alkyl halides is 3. The van der Waals surface area contributed by atoms with E-state index < -0.39 is 12.1 Å². The quantitative estimate of drug-likeness (QED) is 0.717. The predicted octanol–water partition coefficient (Wildman–Crippen LogP) is 3.76. The zero-order chi connectivity index (χ0) is 14.3. The first-order valence-corrected chi connectivity index (χ1v) is 7.27. The zero-order valence-corrected chi connectivity index (χ0v) is 11.9. The molecule has 0 spiro atoms. The van der Waals surface area contributed by atoms with Crippen LogP contribution < -0.4 is 5.32 Å². The minimum Gasteiger partial charge on any atom is -0.380 e. The molecule has 0 aromatic heterocycles. The highest BCUT2D eigenvalue weighted by Gasteiger charge is 2.41. The van der Waals surface area contributed by atoms with Crippen molar-refractivity contribution < 1.29 is 17.9 Å². The summed E-state index contributed by atoms with van der Waals surface area (Å²) in [6.45, 7) is 6.24. The minimum atomic E-state index is -4.03. The van der Waals surface area contributed by atoms with E-state index in [1.807, 2.05) is 0 Å². The molecule has 0 amide bonds. The fourth-order valence-electron chi connectivity index (χ4n) is 2.43. The molecule has 5 heteroatoms. The lowest BCUT2D eigenvalue weighted by Gasteiger charge is -2.31. The Hall–Kier alpha value is -0.290. The van der Waals surface area contributed by atoms with Gasteiger partial charge in [0.15, 0.2) is 0 Å². The summed E-state index contributed by atoms with van der Waals surface area (Å²) in [5, 5.41) is 3.19. The fourth-order valence-corrected chi connectivity index (χ4v) is 2.43. The van der Waals surface area contributed by atoms with Gasteiger partial charge in [-0.1, -0.05) is 20.3 Å². The van der Waals surface area contributed by atoms with Gasteiger partial charge in [0.2, 0.25) is 0 Å². The molecule has 0 bridgehead atoms. The van der Waals surface area contributed by atoms with E-state index in [4.69, 9.17) is 4.74 Å². The van der Waals surface area contributed by atoms with Crippen LogP contribution >= 0.6 is 0 Å². The summed E-state index contributed by atoms with van der Waals surface area (Å²) >= 11 is 0.